The fourth-order valence-electron chi connectivity index (χ4n) is 4.18. The van der Waals surface area contributed by atoms with Crippen molar-refractivity contribution in [1.29, 1.82) is 5.26 Å². The van der Waals surface area contributed by atoms with Gasteiger partial charge in [-0.05, 0) is 54.2 Å². The molecule has 5 nitrogen and oxygen atoms in total. The predicted molar refractivity (Wildman–Crippen MR) is 152 cm³/mol. The maximum Gasteiger partial charge on any atom is 0.346 e. The average molecular weight is 503 g/mol. The number of rotatable bonds is 16. The van der Waals surface area contributed by atoms with Crippen molar-refractivity contribution in [3.63, 3.8) is 0 Å². The van der Waals surface area contributed by atoms with Crippen LogP contribution in [-0.4, -0.2) is 17.7 Å². The van der Waals surface area contributed by atoms with Gasteiger partial charge in [-0.3, -0.25) is 0 Å². The zero-order chi connectivity index (χ0) is 27.0. The molecule has 0 spiro atoms. The van der Waals surface area contributed by atoms with E-state index in [2.05, 4.69) is 39.0 Å². The first-order chi connectivity index (χ1) is 17.8. The number of aliphatic carboxylic acids is 1. The summed E-state index contributed by atoms with van der Waals surface area (Å²) in [6.45, 7) is 7.20. The molecule has 2 aromatic rings. The maximum absolute atomic E-state index is 11.0. The van der Waals surface area contributed by atoms with E-state index >= 15 is 0 Å². The summed E-state index contributed by atoms with van der Waals surface area (Å²) in [4.78, 5) is 11.0. The summed E-state index contributed by atoms with van der Waals surface area (Å²) in [5.41, 5.74) is 10.1. The van der Waals surface area contributed by atoms with E-state index < -0.39 is 5.97 Å². The average Bonchev–Trinajstić information content (AvgIpc) is 2.91. The third-order valence-electron chi connectivity index (χ3n) is 6.78. The van der Waals surface area contributed by atoms with E-state index in [-0.39, 0.29) is 17.5 Å². The molecule has 2 atom stereocenters. The van der Waals surface area contributed by atoms with Crippen molar-refractivity contribution in [1.82, 2.24) is 0 Å². The quantitative estimate of drug-likeness (QED) is 0.138. The standard InChI is InChI=1S/C32H42N2O3/c1-4-5-6-7-8-9-10-11-20-37-30-18-14-26(15-19-30)21-24(2)25(3)31(34)28-16-12-27(13-17-28)22-29(23-33)32(35)36/h12-19,21-22,25,31H,4-11,20,34H2,1-3H3,(H,35,36). The summed E-state index contributed by atoms with van der Waals surface area (Å²) < 4.78 is 5.91. The van der Waals surface area contributed by atoms with E-state index in [0.717, 1.165) is 29.9 Å². The van der Waals surface area contributed by atoms with Gasteiger partial charge in [0.15, 0.2) is 0 Å². The molecule has 0 bridgehead atoms. The van der Waals surface area contributed by atoms with E-state index in [0.29, 0.717) is 5.56 Å². The van der Waals surface area contributed by atoms with Gasteiger partial charge in [-0.1, -0.05) is 107 Å². The largest absolute Gasteiger partial charge is 0.494 e. The highest BCUT2D eigenvalue weighted by molar-refractivity contribution is 5.96. The van der Waals surface area contributed by atoms with Crippen LogP contribution in [0.1, 0.15) is 94.9 Å². The zero-order valence-corrected chi connectivity index (χ0v) is 22.6. The molecule has 0 saturated carbocycles. The van der Waals surface area contributed by atoms with Crippen LogP contribution in [0.5, 0.6) is 5.75 Å². The van der Waals surface area contributed by atoms with Crippen LogP contribution in [0.2, 0.25) is 0 Å². The molecule has 0 aliphatic carbocycles. The predicted octanol–water partition coefficient (Wildman–Crippen LogP) is 7.94. The Morgan fingerprint density at radius 1 is 0.946 bits per heavy atom. The monoisotopic (exact) mass is 502 g/mol. The van der Waals surface area contributed by atoms with Crippen LogP contribution < -0.4 is 10.5 Å². The lowest BCUT2D eigenvalue weighted by molar-refractivity contribution is -0.132. The number of hydrogen-bond acceptors (Lipinski definition) is 4. The second-order valence-corrected chi connectivity index (χ2v) is 9.74. The first-order valence-electron chi connectivity index (χ1n) is 13.5. The Morgan fingerprint density at radius 2 is 1.49 bits per heavy atom. The van der Waals surface area contributed by atoms with Crippen LogP contribution in [0.15, 0.2) is 59.7 Å². The number of ether oxygens (including phenoxy) is 1. The number of hydrogen-bond donors (Lipinski definition) is 2. The Kier molecular flexibility index (Phi) is 13.2. The maximum atomic E-state index is 11.0. The lowest BCUT2D eigenvalue weighted by Gasteiger charge is -2.21. The first-order valence-corrected chi connectivity index (χ1v) is 13.5. The number of carboxylic acid groups (broad SMARTS) is 1. The van der Waals surface area contributed by atoms with Gasteiger partial charge >= 0.3 is 5.97 Å². The van der Waals surface area contributed by atoms with Gasteiger partial charge < -0.3 is 15.6 Å². The fourth-order valence-corrected chi connectivity index (χ4v) is 4.18. The van der Waals surface area contributed by atoms with E-state index in [1.807, 2.05) is 24.3 Å². The minimum absolute atomic E-state index is 0.105. The van der Waals surface area contributed by atoms with Gasteiger partial charge in [0, 0.05) is 6.04 Å². The summed E-state index contributed by atoms with van der Waals surface area (Å²) in [5.74, 6) is -0.229. The molecule has 0 radical (unpaired) electrons. The van der Waals surface area contributed by atoms with Gasteiger partial charge in [-0.2, -0.15) is 5.26 Å². The van der Waals surface area contributed by atoms with Gasteiger partial charge in [0.2, 0.25) is 0 Å². The Hall–Kier alpha value is -3.36. The lowest BCUT2D eigenvalue weighted by atomic mass is 9.88. The smallest absolute Gasteiger partial charge is 0.346 e. The molecule has 5 heteroatoms. The molecule has 198 valence electrons. The third kappa shape index (κ3) is 10.7. The number of carboxylic acids is 1. The van der Waals surface area contributed by atoms with E-state index in [4.69, 9.17) is 20.8 Å². The Balaban J connectivity index is 1.85. The van der Waals surface area contributed by atoms with Gasteiger partial charge in [-0.25, -0.2) is 4.79 Å². The SMILES string of the molecule is CCCCCCCCCCOc1ccc(C=C(C)C(C)C(N)c2ccc(C=C(C#N)C(=O)O)cc2)cc1. The molecular formula is C32H42N2O3. The van der Waals surface area contributed by atoms with Crippen molar-refractivity contribution >= 4 is 18.1 Å². The molecule has 0 saturated heterocycles. The topological polar surface area (TPSA) is 96.3 Å². The second kappa shape index (κ2) is 16.4. The Bertz CT molecular complexity index is 1060. The number of unbranched alkanes of at least 4 members (excludes halogenated alkanes) is 7. The molecule has 0 aliphatic rings. The van der Waals surface area contributed by atoms with Gasteiger partial charge in [-0.15, -0.1) is 0 Å². The number of nitriles is 1. The number of carbonyl (C=O) groups is 1. The second-order valence-electron chi connectivity index (χ2n) is 9.74. The van der Waals surface area contributed by atoms with E-state index in [1.165, 1.54) is 56.6 Å². The highest BCUT2D eigenvalue weighted by Crippen LogP contribution is 2.28. The minimum atomic E-state index is -1.24. The number of benzene rings is 2. The minimum Gasteiger partial charge on any atom is -0.494 e. The normalized spacial score (nSPS) is 13.6. The molecule has 3 N–H and O–H groups in total. The summed E-state index contributed by atoms with van der Waals surface area (Å²) >= 11 is 0. The molecule has 0 heterocycles. The van der Waals surface area contributed by atoms with Gasteiger partial charge in [0.25, 0.3) is 0 Å². The van der Waals surface area contributed by atoms with Crippen LogP contribution in [0.3, 0.4) is 0 Å². The summed E-state index contributed by atoms with van der Waals surface area (Å²) in [6.07, 6.45) is 13.8. The summed E-state index contributed by atoms with van der Waals surface area (Å²) in [6, 6.07) is 17.0. The highest BCUT2D eigenvalue weighted by Gasteiger charge is 2.16. The summed E-state index contributed by atoms with van der Waals surface area (Å²) in [5, 5.41) is 18.0. The number of nitrogens with two attached hydrogens (primary N) is 1. The Labute approximate surface area is 222 Å². The fraction of sp³-hybridized carbons (Fsp3) is 0.438. The van der Waals surface area contributed by atoms with E-state index in [1.54, 1.807) is 18.2 Å². The Morgan fingerprint density at radius 3 is 2.05 bits per heavy atom. The highest BCUT2D eigenvalue weighted by atomic mass is 16.5. The van der Waals surface area contributed by atoms with Crippen molar-refractivity contribution in [2.75, 3.05) is 6.61 Å². The molecule has 0 aromatic heterocycles. The van der Waals surface area contributed by atoms with Crippen molar-refractivity contribution in [2.45, 2.75) is 78.2 Å². The van der Waals surface area contributed by atoms with E-state index in [9.17, 15) is 4.79 Å². The molecular weight excluding hydrogens is 460 g/mol. The zero-order valence-electron chi connectivity index (χ0n) is 22.6. The first kappa shape index (κ1) is 29.9. The molecule has 0 aliphatic heterocycles. The third-order valence-corrected chi connectivity index (χ3v) is 6.78. The van der Waals surface area contributed by atoms with Crippen molar-refractivity contribution in [3.05, 3.63) is 76.4 Å². The molecule has 0 fully saturated rings. The van der Waals surface area contributed by atoms with Crippen LogP contribution in [0.25, 0.3) is 12.2 Å². The number of nitrogens with zero attached hydrogens (tertiary/aromatic N) is 1. The summed E-state index contributed by atoms with van der Waals surface area (Å²) in [7, 11) is 0. The van der Waals surface area contributed by atoms with Crippen molar-refractivity contribution < 1.29 is 14.6 Å². The molecule has 2 aromatic carbocycles. The van der Waals surface area contributed by atoms with Gasteiger partial charge in [0.05, 0.1) is 6.61 Å². The molecule has 37 heavy (non-hydrogen) atoms. The van der Waals surface area contributed by atoms with Crippen LogP contribution in [0, 0.1) is 17.2 Å². The lowest BCUT2D eigenvalue weighted by Crippen LogP contribution is -2.20. The van der Waals surface area contributed by atoms with Crippen LogP contribution >= 0.6 is 0 Å². The molecule has 2 unspecified atom stereocenters. The molecule has 0 amide bonds. The van der Waals surface area contributed by atoms with Crippen LogP contribution in [0.4, 0.5) is 0 Å². The molecule has 2 rings (SSSR count). The van der Waals surface area contributed by atoms with Gasteiger partial charge in [0.1, 0.15) is 17.4 Å². The van der Waals surface area contributed by atoms with Crippen molar-refractivity contribution in [2.24, 2.45) is 11.7 Å². The van der Waals surface area contributed by atoms with Crippen LogP contribution in [-0.2, 0) is 4.79 Å². The van der Waals surface area contributed by atoms with Crippen molar-refractivity contribution in [3.8, 4) is 11.8 Å².